The number of hydrogen-bond donors (Lipinski definition) is 2. The fraction of sp³-hybridized carbons (Fsp3) is 0.533. The molecule has 1 heterocycles. The number of benzene rings is 1. The van der Waals surface area contributed by atoms with Gasteiger partial charge in [-0.1, -0.05) is 0 Å². The van der Waals surface area contributed by atoms with Crippen LogP contribution in [0, 0.1) is 5.82 Å². The van der Waals surface area contributed by atoms with Gasteiger partial charge in [-0.05, 0) is 44.4 Å². The summed E-state index contributed by atoms with van der Waals surface area (Å²) in [5.41, 5.74) is 6.27. The summed E-state index contributed by atoms with van der Waals surface area (Å²) in [5.74, 6) is 0.150. The van der Waals surface area contributed by atoms with Gasteiger partial charge in [0.2, 0.25) is 0 Å². The molecule has 1 amide bonds. The second-order valence-corrected chi connectivity index (χ2v) is 5.43. The smallest absolute Gasteiger partial charge is 0.407 e. The Bertz CT molecular complexity index is 508. The maximum Gasteiger partial charge on any atom is 0.407 e. The molecule has 2 rings (SSSR count). The molecule has 21 heavy (non-hydrogen) atoms. The van der Waals surface area contributed by atoms with Gasteiger partial charge in [0.05, 0.1) is 12.6 Å². The van der Waals surface area contributed by atoms with E-state index in [0.717, 1.165) is 6.42 Å². The number of nitrogens with two attached hydrogens (primary N) is 1. The van der Waals surface area contributed by atoms with Crippen LogP contribution in [0.5, 0.6) is 5.75 Å². The summed E-state index contributed by atoms with van der Waals surface area (Å²) in [7, 11) is 0. The molecular weight excluding hydrogens is 275 g/mol. The number of halogens is 1. The zero-order valence-electron chi connectivity index (χ0n) is 12.1. The first-order valence-corrected chi connectivity index (χ1v) is 7.16. The van der Waals surface area contributed by atoms with Crippen LogP contribution in [-0.4, -0.2) is 35.3 Å². The first-order chi connectivity index (χ1) is 9.99. The van der Waals surface area contributed by atoms with Crippen molar-refractivity contribution in [2.24, 2.45) is 5.73 Å². The molecule has 0 aromatic heterocycles. The summed E-state index contributed by atoms with van der Waals surface area (Å²) >= 11 is 0. The highest BCUT2D eigenvalue weighted by atomic mass is 19.1. The van der Waals surface area contributed by atoms with Gasteiger partial charge in [-0.3, -0.25) is 0 Å². The number of carboxylic acid groups (broad SMARTS) is 1. The third kappa shape index (κ3) is 3.85. The Hall–Kier alpha value is -1.82. The molecule has 1 fully saturated rings. The maximum absolute atomic E-state index is 13.5. The Morgan fingerprint density at radius 1 is 1.62 bits per heavy atom. The van der Waals surface area contributed by atoms with E-state index >= 15 is 0 Å². The fourth-order valence-electron chi connectivity index (χ4n) is 2.58. The van der Waals surface area contributed by atoms with Crippen LogP contribution < -0.4 is 10.5 Å². The second-order valence-electron chi connectivity index (χ2n) is 5.43. The Balaban J connectivity index is 2.20. The van der Waals surface area contributed by atoms with Gasteiger partial charge in [-0.25, -0.2) is 9.18 Å². The van der Waals surface area contributed by atoms with Gasteiger partial charge in [0.25, 0.3) is 0 Å². The predicted molar refractivity (Wildman–Crippen MR) is 76.9 cm³/mol. The van der Waals surface area contributed by atoms with Gasteiger partial charge in [-0.15, -0.1) is 0 Å². The predicted octanol–water partition coefficient (Wildman–Crippen LogP) is 2.76. The monoisotopic (exact) mass is 296 g/mol. The van der Waals surface area contributed by atoms with E-state index in [1.54, 1.807) is 6.07 Å². The van der Waals surface area contributed by atoms with Crippen LogP contribution in [0.15, 0.2) is 18.2 Å². The van der Waals surface area contributed by atoms with Gasteiger partial charge in [0, 0.05) is 18.2 Å². The van der Waals surface area contributed by atoms with Crippen molar-refractivity contribution in [3.05, 3.63) is 29.6 Å². The molecule has 1 aromatic carbocycles. The highest BCUT2D eigenvalue weighted by Gasteiger charge is 2.32. The van der Waals surface area contributed by atoms with Crippen molar-refractivity contribution >= 4 is 6.09 Å². The van der Waals surface area contributed by atoms with Gasteiger partial charge in [0.15, 0.2) is 0 Å². The molecule has 1 saturated heterocycles. The topological polar surface area (TPSA) is 75.8 Å². The Labute approximate surface area is 123 Å². The number of rotatable bonds is 5. The molecule has 3 N–H and O–H groups in total. The van der Waals surface area contributed by atoms with Crippen molar-refractivity contribution < 1.29 is 19.0 Å². The molecule has 1 unspecified atom stereocenters. The van der Waals surface area contributed by atoms with E-state index in [9.17, 15) is 14.3 Å². The van der Waals surface area contributed by atoms with E-state index in [1.165, 1.54) is 17.0 Å². The Morgan fingerprint density at radius 2 is 2.38 bits per heavy atom. The number of carbonyl (C=O) groups is 1. The average Bonchev–Trinajstić information content (AvgIpc) is 2.89. The lowest BCUT2D eigenvalue weighted by Crippen LogP contribution is -2.29. The molecular formula is C15H21FN2O3. The van der Waals surface area contributed by atoms with Crippen molar-refractivity contribution in [2.75, 3.05) is 13.2 Å². The normalized spacial score (nSPS) is 19.6. The molecule has 5 nitrogen and oxygen atoms in total. The van der Waals surface area contributed by atoms with Crippen molar-refractivity contribution in [1.82, 2.24) is 4.90 Å². The molecule has 0 spiro atoms. The van der Waals surface area contributed by atoms with Crippen molar-refractivity contribution in [2.45, 2.75) is 38.3 Å². The summed E-state index contributed by atoms with van der Waals surface area (Å²) in [6.45, 7) is 2.78. The zero-order chi connectivity index (χ0) is 15.4. The van der Waals surface area contributed by atoms with Crippen molar-refractivity contribution in [3.63, 3.8) is 0 Å². The highest BCUT2D eigenvalue weighted by molar-refractivity contribution is 5.66. The van der Waals surface area contributed by atoms with Crippen LogP contribution in [0.2, 0.25) is 0 Å². The summed E-state index contributed by atoms with van der Waals surface area (Å²) < 4.78 is 19.2. The van der Waals surface area contributed by atoms with E-state index < -0.39 is 6.09 Å². The number of nitrogens with zero attached hydrogens (tertiary/aromatic N) is 1. The number of ether oxygens (including phenoxy) is 1. The SMILES string of the molecule is C[C@@H](N)CCOc1ccc(F)cc1C1CCCN1C(=O)O. The average molecular weight is 296 g/mol. The molecule has 0 saturated carbocycles. The van der Waals surface area contributed by atoms with Crippen LogP contribution in [0.1, 0.15) is 37.8 Å². The molecule has 1 aliphatic heterocycles. The van der Waals surface area contributed by atoms with Gasteiger partial charge in [0.1, 0.15) is 11.6 Å². The molecule has 0 bridgehead atoms. The minimum atomic E-state index is -0.983. The number of likely N-dealkylation sites (tertiary alicyclic amines) is 1. The maximum atomic E-state index is 13.5. The fourth-order valence-corrected chi connectivity index (χ4v) is 2.58. The highest BCUT2D eigenvalue weighted by Crippen LogP contribution is 2.37. The summed E-state index contributed by atoms with van der Waals surface area (Å²) in [6.07, 6.45) is 1.15. The number of hydrogen-bond acceptors (Lipinski definition) is 3. The van der Waals surface area contributed by atoms with Crippen molar-refractivity contribution in [3.8, 4) is 5.75 Å². The Morgan fingerprint density at radius 3 is 3.05 bits per heavy atom. The zero-order valence-corrected chi connectivity index (χ0v) is 12.1. The van der Waals surface area contributed by atoms with Crippen LogP contribution in [0.4, 0.5) is 9.18 Å². The molecule has 0 radical (unpaired) electrons. The minimum absolute atomic E-state index is 0.0240. The molecule has 6 heteroatoms. The largest absolute Gasteiger partial charge is 0.493 e. The molecule has 1 aliphatic rings. The standard InChI is InChI=1S/C15H21FN2O3/c1-10(17)6-8-21-14-5-4-11(16)9-12(14)13-3-2-7-18(13)15(19)20/h4-5,9-10,13H,2-3,6-8,17H2,1H3,(H,19,20)/t10-,13?/m1/s1. The third-order valence-corrected chi connectivity index (χ3v) is 3.66. The van der Waals surface area contributed by atoms with Gasteiger partial charge in [-0.2, -0.15) is 0 Å². The van der Waals surface area contributed by atoms with E-state index in [2.05, 4.69) is 0 Å². The lowest BCUT2D eigenvalue weighted by molar-refractivity contribution is 0.139. The first kappa shape index (κ1) is 15.6. The molecule has 0 aliphatic carbocycles. The van der Waals surface area contributed by atoms with Crippen LogP contribution in [-0.2, 0) is 0 Å². The van der Waals surface area contributed by atoms with Crippen LogP contribution in [0.3, 0.4) is 0 Å². The number of amides is 1. The Kier molecular flexibility index (Phi) is 5.01. The summed E-state index contributed by atoms with van der Waals surface area (Å²) in [4.78, 5) is 12.6. The summed E-state index contributed by atoms with van der Waals surface area (Å²) in [5, 5.41) is 9.23. The van der Waals surface area contributed by atoms with Crippen molar-refractivity contribution in [1.29, 1.82) is 0 Å². The minimum Gasteiger partial charge on any atom is -0.493 e. The van der Waals surface area contributed by atoms with Crippen LogP contribution >= 0.6 is 0 Å². The van der Waals surface area contributed by atoms with Crippen LogP contribution in [0.25, 0.3) is 0 Å². The van der Waals surface area contributed by atoms with E-state index in [4.69, 9.17) is 10.5 Å². The second kappa shape index (κ2) is 6.76. The van der Waals surface area contributed by atoms with E-state index in [-0.39, 0.29) is 17.9 Å². The molecule has 116 valence electrons. The molecule has 1 aromatic rings. The lowest BCUT2D eigenvalue weighted by atomic mass is 10.0. The van der Waals surface area contributed by atoms with Gasteiger partial charge < -0.3 is 20.5 Å². The lowest BCUT2D eigenvalue weighted by Gasteiger charge is -2.24. The third-order valence-electron chi connectivity index (χ3n) is 3.66. The van der Waals surface area contributed by atoms with E-state index in [0.29, 0.717) is 37.3 Å². The quantitative estimate of drug-likeness (QED) is 0.876. The first-order valence-electron chi connectivity index (χ1n) is 7.16. The summed E-state index contributed by atoms with van der Waals surface area (Å²) in [6, 6.07) is 3.93. The van der Waals surface area contributed by atoms with E-state index in [1.807, 2.05) is 6.92 Å². The van der Waals surface area contributed by atoms with Gasteiger partial charge >= 0.3 is 6.09 Å². The molecule has 2 atom stereocenters.